The molecule has 1 unspecified atom stereocenters. The summed E-state index contributed by atoms with van der Waals surface area (Å²) < 4.78 is 5.27. The first-order valence-electron chi connectivity index (χ1n) is 4.60. The molecule has 0 saturated carbocycles. The summed E-state index contributed by atoms with van der Waals surface area (Å²) >= 11 is 4.38. The van der Waals surface area contributed by atoms with Crippen LogP contribution in [0.5, 0.6) is 0 Å². The molecule has 0 aromatic carbocycles. The molecule has 0 aromatic heterocycles. The van der Waals surface area contributed by atoms with Gasteiger partial charge in [0.2, 0.25) is 0 Å². The average molecular weight is 215 g/mol. The lowest BCUT2D eigenvalue weighted by molar-refractivity contribution is 0.0130. The molecule has 0 bridgehead atoms. The Morgan fingerprint density at radius 3 is 2.43 bits per heavy atom. The molecule has 78 valence electrons. The minimum Gasteiger partial charge on any atom is -0.379 e. The largest absolute Gasteiger partial charge is 0.379 e. The van der Waals surface area contributed by atoms with Crippen LogP contribution in [0, 0.1) is 0 Å². The van der Waals surface area contributed by atoms with E-state index in [1.54, 1.807) is 0 Å². The lowest BCUT2D eigenvalue weighted by atomic mass is 10.2. The van der Waals surface area contributed by atoms with Crippen molar-refractivity contribution in [3.63, 3.8) is 0 Å². The molecule has 0 N–H and O–H groups in total. The van der Waals surface area contributed by atoms with Gasteiger partial charge in [-0.2, -0.15) is 0 Å². The Hall–Kier alpha value is -0.530. The van der Waals surface area contributed by atoms with E-state index < -0.39 is 4.99 Å². The maximum Gasteiger partial charge on any atom is 0.252 e. The second-order valence-electron chi connectivity index (χ2n) is 3.39. The van der Waals surface area contributed by atoms with Gasteiger partial charge in [-0.1, -0.05) is 0 Å². The normalized spacial score (nSPS) is 28.1. The van der Waals surface area contributed by atoms with Crippen molar-refractivity contribution >= 4 is 12.6 Å². The number of hydrogen-bond donors (Lipinski definition) is 1. The molecule has 0 aliphatic carbocycles. The van der Waals surface area contributed by atoms with Gasteiger partial charge in [0.25, 0.3) is 4.99 Å². The topological polar surface area (TPSA) is 61.9 Å². The molecule has 2 aliphatic heterocycles. The summed E-state index contributed by atoms with van der Waals surface area (Å²) in [6.45, 7) is 5.30. The van der Waals surface area contributed by atoms with Crippen LogP contribution in [-0.4, -0.2) is 42.2 Å². The Kier molecular flexibility index (Phi) is 2.80. The second kappa shape index (κ2) is 3.92. The fraction of sp³-hybridized carbons (Fsp3) is 1.00. The standard InChI is InChI=1S/C7H13N5OS/c1-6(7(14)8-10-11-9-7)12-2-4-13-5-3-12/h6,14H,2-5H2,1H3. The summed E-state index contributed by atoms with van der Waals surface area (Å²) in [5.41, 5.74) is 0. The molecule has 0 aromatic rings. The molecule has 2 heterocycles. The molecule has 2 aliphatic rings. The van der Waals surface area contributed by atoms with Gasteiger partial charge in [0.05, 0.1) is 19.3 Å². The molecular weight excluding hydrogens is 202 g/mol. The van der Waals surface area contributed by atoms with Gasteiger partial charge in [0.15, 0.2) is 0 Å². The van der Waals surface area contributed by atoms with Gasteiger partial charge in [-0.3, -0.25) is 4.90 Å². The predicted octanol–water partition coefficient (Wildman–Crippen LogP) is 1.12. The van der Waals surface area contributed by atoms with E-state index in [-0.39, 0.29) is 6.04 Å². The van der Waals surface area contributed by atoms with Crippen LogP contribution >= 0.6 is 12.6 Å². The highest BCUT2D eigenvalue weighted by atomic mass is 32.1. The van der Waals surface area contributed by atoms with Crippen LogP contribution in [0.4, 0.5) is 0 Å². The van der Waals surface area contributed by atoms with E-state index in [1.807, 2.05) is 6.92 Å². The Morgan fingerprint density at radius 2 is 1.86 bits per heavy atom. The smallest absolute Gasteiger partial charge is 0.252 e. The minimum atomic E-state index is -0.808. The van der Waals surface area contributed by atoms with Gasteiger partial charge in [-0.15, -0.1) is 22.9 Å². The number of morpholine rings is 1. The molecule has 0 spiro atoms. The second-order valence-corrected chi connectivity index (χ2v) is 4.05. The summed E-state index contributed by atoms with van der Waals surface area (Å²) in [5, 5.41) is 14.8. The van der Waals surface area contributed by atoms with Crippen molar-refractivity contribution in [1.82, 2.24) is 4.90 Å². The van der Waals surface area contributed by atoms with Crippen LogP contribution < -0.4 is 0 Å². The van der Waals surface area contributed by atoms with E-state index in [0.29, 0.717) is 0 Å². The lowest BCUT2D eigenvalue weighted by Crippen LogP contribution is -2.49. The molecule has 0 amide bonds. The zero-order valence-electron chi connectivity index (χ0n) is 8.00. The van der Waals surface area contributed by atoms with Crippen molar-refractivity contribution in [1.29, 1.82) is 0 Å². The zero-order chi connectivity index (χ0) is 10.0. The molecule has 1 saturated heterocycles. The van der Waals surface area contributed by atoms with Crippen LogP contribution in [0.15, 0.2) is 20.7 Å². The van der Waals surface area contributed by atoms with Crippen molar-refractivity contribution in [3.05, 3.63) is 0 Å². The van der Waals surface area contributed by atoms with Crippen LogP contribution in [-0.2, 0) is 4.74 Å². The predicted molar refractivity (Wildman–Crippen MR) is 53.3 cm³/mol. The zero-order valence-corrected chi connectivity index (χ0v) is 8.89. The summed E-state index contributed by atoms with van der Waals surface area (Å²) in [6.07, 6.45) is 0. The van der Waals surface area contributed by atoms with Crippen molar-refractivity contribution < 1.29 is 4.74 Å². The fourth-order valence-electron chi connectivity index (χ4n) is 1.57. The minimum absolute atomic E-state index is 0.0877. The maximum absolute atomic E-state index is 5.27. The number of nitrogens with zero attached hydrogens (tertiary/aromatic N) is 5. The molecule has 6 nitrogen and oxygen atoms in total. The first-order valence-corrected chi connectivity index (χ1v) is 5.05. The molecule has 7 heteroatoms. The molecule has 0 radical (unpaired) electrons. The molecule has 1 fully saturated rings. The Bertz CT molecular complexity index is 251. The monoisotopic (exact) mass is 215 g/mol. The van der Waals surface area contributed by atoms with Crippen molar-refractivity contribution in [2.24, 2.45) is 20.7 Å². The third kappa shape index (κ3) is 1.79. The molecule has 1 atom stereocenters. The quantitative estimate of drug-likeness (QED) is 0.702. The van der Waals surface area contributed by atoms with Gasteiger partial charge >= 0.3 is 0 Å². The number of rotatable bonds is 2. The Labute approximate surface area is 87.8 Å². The van der Waals surface area contributed by atoms with Crippen molar-refractivity contribution in [2.75, 3.05) is 26.3 Å². The lowest BCUT2D eigenvalue weighted by Gasteiger charge is -2.35. The van der Waals surface area contributed by atoms with E-state index in [0.717, 1.165) is 26.3 Å². The van der Waals surface area contributed by atoms with E-state index in [9.17, 15) is 0 Å². The molecule has 2 rings (SSSR count). The van der Waals surface area contributed by atoms with Crippen LogP contribution in [0.3, 0.4) is 0 Å². The highest BCUT2D eigenvalue weighted by Gasteiger charge is 2.39. The first-order chi connectivity index (χ1) is 6.72. The van der Waals surface area contributed by atoms with Crippen molar-refractivity contribution in [2.45, 2.75) is 18.0 Å². The molecular formula is C7H13N5OS. The Balaban J connectivity index is 2.02. The van der Waals surface area contributed by atoms with Crippen LogP contribution in [0.2, 0.25) is 0 Å². The number of ether oxygens (including phenoxy) is 1. The highest BCUT2D eigenvalue weighted by Crippen LogP contribution is 2.31. The SMILES string of the molecule is CC(N1CCOCC1)C1(S)N=NN=N1. The maximum atomic E-state index is 5.27. The summed E-state index contributed by atoms with van der Waals surface area (Å²) in [4.78, 5) is 1.43. The molecule has 14 heavy (non-hydrogen) atoms. The highest BCUT2D eigenvalue weighted by molar-refractivity contribution is 7.81. The number of thiol groups is 1. The van der Waals surface area contributed by atoms with Gasteiger partial charge in [-0.25, -0.2) is 0 Å². The third-order valence-corrected chi connectivity index (χ3v) is 3.13. The van der Waals surface area contributed by atoms with Gasteiger partial charge < -0.3 is 4.74 Å². The van der Waals surface area contributed by atoms with E-state index in [1.165, 1.54) is 0 Å². The fourth-order valence-corrected chi connectivity index (χ4v) is 1.81. The van der Waals surface area contributed by atoms with E-state index in [4.69, 9.17) is 4.74 Å². The summed E-state index contributed by atoms with van der Waals surface area (Å²) in [6, 6.07) is 0.0877. The first kappa shape index (κ1) is 10.0. The third-order valence-electron chi connectivity index (χ3n) is 2.58. The summed E-state index contributed by atoms with van der Waals surface area (Å²) in [7, 11) is 0. The van der Waals surface area contributed by atoms with Crippen LogP contribution in [0.1, 0.15) is 6.92 Å². The average Bonchev–Trinajstić information content (AvgIpc) is 2.67. The number of hydrogen-bond acceptors (Lipinski definition) is 7. The van der Waals surface area contributed by atoms with E-state index in [2.05, 4.69) is 38.2 Å². The Morgan fingerprint density at radius 1 is 1.29 bits per heavy atom. The van der Waals surface area contributed by atoms with Crippen LogP contribution in [0.25, 0.3) is 0 Å². The van der Waals surface area contributed by atoms with E-state index >= 15 is 0 Å². The van der Waals surface area contributed by atoms with Crippen molar-refractivity contribution in [3.8, 4) is 0 Å². The van der Waals surface area contributed by atoms with Gasteiger partial charge in [0, 0.05) is 13.1 Å². The summed E-state index contributed by atoms with van der Waals surface area (Å²) in [5.74, 6) is 0. The van der Waals surface area contributed by atoms with Gasteiger partial charge in [-0.05, 0) is 17.4 Å². The van der Waals surface area contributed by atoms with Gasteiger partial charge in [0.1, 0.15) is 0 Å².